The lowest BCUT2D eigenvalue weighted by Gasteiger charge is -1.96. The summed E-state index contributed by atoms with van der Waals surface area (Å²) in [5, 5.41) is 18.6. The molecule has 2 N–H and O–H groups in total. The van der Waals surface area contributed by atoms with Crippen molar-refractivity contribution in [3.05, 3.63) is 30.5 Å². The number of hydrogen-bond acceptors (Lipinski definition) is 5. The van der Waals surface area contributed by atoms with Gasteiger partial charge in [0.15, 0.2) is 0 Å². The number of fused-ring (bicyclic) bond motifs is 1. The fraction of sp³-hybridized carbons (Fsp3) is 0.333. The van der Waals surface area contributed by atoms with Gasteiger partial charge in [-0.3, -0.25) is 0 Å². The summed E-state index contributed by atoms with van der Waals surface area (Å²) in [4.78, 5) is 3.20. The molecule has 3 rings (SSSR count). The Balaban J connectivity index is 1.67. The zero-order chi connectivity index (χ0) is 14.5. The van der Waals surface area contributed by atoms with Crippen molar-refractivity contribution < 1.29 is 9.52 Å². The van der Waals surface area contributed by atoms with Crippen LogP contribution in [0, 0.1) is 0 Å². The van der Waals surface area contributed by atoms with Gasteiger partial charge in [0.1, 0.15) is 0 Å². The molecule has 0 radical (unpaired) electrons. The number of para-hydroxylation sites is 1. The molecule has 5 nitrogen and oxygen atoms in total. The monoisotopic (exact) mass is 303 g/mol. The van der Waals surface area contributed by atoms with E-state index >= 15 is 0 Å². The van der Waals surface area contributed by atoms with Crippen molar-refractivity contribution in [1.29, 1.82) is 0 Å². The molecule has 6 heteroatoms. The Morgan fingerprint density at radius 1 is 1.14 bits per heavy atom. The molecule has 0 aliphatic heterocycles. The molecule has 0 saturated heterocycles. The summed E-state index contributed by atoms with van der Waals surface area (Å²) in [6, 6.07) is 8.04. The Hall–Kier alpha value is -1.79. The number of aromatic amines is 1. The third-order valence-electron chi connectivity index (χ3n) is 3.25. The molecule has 21 heavy (non-hydrogen) atoms. The van der Waals surface area contributed by atoms with Crippen LogP contribution < -0.4 is 0 Å². The van der Waals surface area contributed by atoms with E-state index in [1.807, 2.05) is 30.5 Å². The minimum Gasteiger partial charge on any atom is -0.411 e. The van der Waals surface area contributed by atoms with Crippen molar-refractivity contribution in [3.63, 3.8) is 0 Å². The number of nitrogens with one attached hydrogen (secondary N) is 1. The van der Waals surface area contributed by atoms with E-state index < -0.39 is 0 Å². The molecule has 0 aliphatic carbocycles. The van der Waals surface area contributed by atoms with Crippen molar-refractivity contribution >= 4 is 22.7 Å². The van der Waals surface area contributed by atoms with E-state index in [4.69, 9.17) is 9.52 Å². The number of benzene rings is 1. The fourth-order valence-corrected chi connectivity index (χ4v) is 2.94. The van der Waals surface area contributed by atoms with E-state index in [-0.39, 0.29) is 6.61 Å². The molecular weight excluding hydrogens is 286 g/mol. The molecule has 2 heterocycles. The molecule has 1 aromatic carbocycles. The highest BCUT2D eigenvalue weighted by molar-refractivity contribution is 7.99. The van der Waals surface area contributed by atoms with E-state index in [1.54, 1.807) is 11.8 Å². The molecule has 0 aliphatic rings. The van der Waals surface area contributed by atoms with Crippen molar-refractivity contribution in [3.8, 4) is 11.5 Å². The molecule has 0 amide bonds. The number of unbranched alkanes of at least 4 members (excludes halogenated alkanes) is 2. The van der Waals surface area contributed by atoms with Crippen LogP contribution in [0.1, 0.15) is 19.3 Å². The van der Waals surface area contributed by atoms with E-state index in [9.17, 15) is 0 Å². The third kappa shape index (κ3) is 3.28. The molecular formula is C15H17N3O2S. The van der Waals surface area contributed by atoms with Crippen molar-refractivity contribution in [2.24, 2.45) is 0 Å². The lowest BCUT2D eigenvalue weighted by Crippen LogP contribution is -1.85. The number of H-pyrrole nitrogens is 1. The van der Waals surface area contributed by atoms with Gasteiger partial charge in [-0.25, -0.2) is 0 Å². The second-order valence-corrected chi connectivity index (χ2v) is 5.80. The predicted octanol–water partition coefficient (Wildman–Crippen LogP) is 3.47. The van der Waals surface area contributed by atoms with Crippen LogP contribution >= 0.6 is 11.8 Å². The lowest BCUT2D eigenvalue weighted by atomic mass is 10.2. The Morgan fingerprint density at radius 2 is 2.05 bits per heavy atom. The molecule has 0 saturated carbocycles. The molecule has 0 spiro atoms. The summed E-state index contributed by atoms with van der Waals surface area (Å²) in [5.74, 6) is 1.47. The van der Waals surface area contributed by atoms with E-state index in [2.05, 4.69) is 15.2 Å². The summed E-state index contributed by atoms with van der Waals surface area (Å²) in [6.07, 6.45) is 4.81. The number of aromatic nitrogens is 3. The van der Waals surface area contributed by atoms with Gasteiger partial charge in [0.2, 0.25) is 0 Å². The normalized spacial score (nSPS) is 11.3. The number of rotatable bonds is 7. The van der Waals surface area contributed by atoms with Crippen molar-refractivity contribution in [2.75, 3.05) is 12.4 Å². The van der Waals surface area contributed by atoms with Crippen LogP contribution in [0.4, 0.5) is 0 Å². The van der Waals surface area contributed by atoms with Gasteiger partial charge in [-0.2, -0.15) is 0 Å². The van der Waals surface area contributed by atoms with Crippen LogP contribution in [0.5, 0.6) is 0 Å². The van der Waals surface area contributed by atoms with Crippen molar-refractivity contribution in [2.45, 2.75) is 24.5 Å². The third-order valence-corrected chi connectivity index (χ3v) is 4.16. The fourth-order valence-electron chi connectivity index (χ4n) is 2.18. The van der Waals surface area contributed by atoms with Crippen LogP contribution in [-0.2, 0) is 0 Å². The second kappa shape index (κ2) is 6.78. The van der Waals surface area contributed by atoms with E-state index in [0.717, 1.165) is 41.5 Å². The zero-order valence-corrected chi connectivity index (χ0v) is 12.4. The first-order valence-corrected chi connectivity index (χ1v) is 8.00. The predicted molar refractivity (Wildman–Crippen MR) is 83.3 cm³/mol. The SMILES string of the molecule is OCCCCCSc1nnc(-c2c[nH]c3ccccc23)o1. The smallest absolute Gasteiger partial charge is 0.276 e. The quantitative estimate of drug-likeness (QED) is 0.516. The Labute approximate surface area is 126 Å². The van der Waals surface area contributed by atoms with E-state index in [0.29, 0.717) is 11.1 Å². The Bertz CT molecular complexity index is 708. The number of hydrogen-bond donors (Lipinski definition) is 2. The van der Waals surface area contributed by atoms with Crippen molar-refractivity contribution in [1.82, 2.24) is 15.2 Å². The van der Waals surface area contributed by atoms with Crippen LogP contribution in [-0.4, -0.2) is 32.6 Å². The van der Waals surface area contributed by atoms with Gasteiger partial charge >= 0.3 is 0 Å². The first-order valence-electron chi connectivity index (χ1n) is 7.02. The molecule has 0 unspecified atom stereocenters. The zero-order valence-electron chi connectivity index (χ0n) is 11.6. The van der Waals surface area contributed by atoms with Crippen LogP contribution in [0.15, 0.2) is 40.1 Å². The molecule has 3 aromatic rings. The summed E-state index contributed by atoms with van der Waals surface area (Å²) in [7, 11) is 0. The molecule has 0 atom stereocenters. The summed E-state index contributed by atoms with van der Waals surface area (Å²) in [5.41, 5.74) is 1.99. The van der Waals surface area contributed by atoms with Gasteiger partial charge in [0.05, 0.1) is 5.56 Å². The van der Waals surface area contributed by atoms with Gasteiger partial charge in [-0.15, -0.1) is 10.2 Å². The van der Waals surface area contributed by atoms with Crippen LogP contribution in [0.2, 0.25) is 0 Å². The standard InChI is InChI=1S/C15H17N3O2S/c19-8-4-1-5-9-21-15-18-17-14(20-15)12-10-16-13-7-3-2-6-11(12)13/h2-3,6-7,10,16,19H,1,4-5,8-9H2. The summed E-state index contributed by atoms with van der Waals surface area (Å²) >= 11 is 1.56. The highest BCUT2D eigenvalue weighted by atomic mass is 32.2. The molecule has 0 fully saturated rings. The lowest BCUT2D eigenvalue weighted by molar-refractivity contribution is 0.284. The van der Waals surface area contributed by atoms with Gasteiger partial charge in [-0.1, -0.05) is 36.4 Å². The average molecular weight is 303 g/mol. The molecule has 0 bridgehead atoms. The minimum absolute atomic E-state index is 0.260. The van der Waals surface area contributed by atoms with Gasteiger partial charge < -0.3 is 14.5 Å². The van der Waals surface area contributed by atoms with Crippen LogP contribution in [0.3, 0.4) is 0 Å². The largest absolute Gasteiger partial charge is 0.411 e. The average Bonchev–Trinajstić information content (AvgIpc) is 3.13. The minimum atomic E-state index is 0.260. The maximum Gasteiger partial charge on any atom is 0.276 e. The maximum atomic E-state index is 8.73. The van der Waals surface area contributed by atoms with Gasteiger partial charge in [-0.05, 0) is 18.9 Å². The number of nitrogens with zero attached hydrogens (tertiary/aromatic N) is 2. The highest BCUT2D eigenvalue weighted by Gasteiger charge is 2.13. The second-order valence-electron chi connectivity index (χ2n) is 4.75. The van der Waals surface area contributed by atoms with E-state index in [1.165, 1.54) is 0 Å². The summed E-state index contributed by atoms with van der Waals surface area (Å²) < 4.78 is 5.71. The Kier molecular flexibility index (Phi) is 4.57. The number of aliphatic hydroxyl groups excluding tert-OH is 1. The first-order chi connectivity index (χ1) is 10.4. The van der Waals surface area contributed by atoms with Crippen LogP contribution in [0.25, 0.3) is 22.4 Å². The Morgan fingerprint density at radius 3 is 2.95 bits per heavy atom. The summed E-state index contributed by atoms with van der Waals surface area (Å²) in [6.45, 7) is 0.260. The van der Waals surface area contributed by atoms with Gasteiger partial charge in [0, 0.05) is 29.5 Å². The molecule has 2 aromatic heterocycles. The molecule has 110 valence electrons. The number of aliphatic hydroxyl groups is 1. The topological polar surface area (TPSA) is 74.9 Å². The maximum absolute atomic E-state index is 8.73. The highest BCUT2D eigenvalue weighted by Crippen LogP contribution is 2.29. The first kappa shape index (κ1) is 14.2. The number of thioether (sulfide) groups is 1. The van der Waals surface area contributed by atoms with Gasteiger partial charge in [0.25, 0.3) is 11.1 Å².